The number of likely N-dealkylation sites (tertiary alicyclic amines) is 1. The fraction of sp³-hybridized carbons (Fsp3) is 0.615. The largest absolute Gasteiger partial charge is 0.337 e. The van der Waals surface area contributed by atoms with Crippen LogP contribution >= 0.6 is 11.3 Å². The summed E-state index contributed by atoms with van der Waals surface area (Å²) >= 11 is 1.54. The topological polar surface area (TPSA) is 46.3 Å². The molecule has 2 fully saturated rings. The highest BCUT2D eigenvalue weighted by Gasteiger charge is 2.38. The molecule has 92 valence electrons. The molecule has 2 N–H and O–H groups in total. The van der Waals surface area contributed by atoms with Crippen molar-refractivity contribution in [2.75, 3.05) is 13.1 Å². The molecule has 1 saturated carbocycles. The molecule has 1 aromatic rings. The fourth-order valence-electron chi connectivity index (χ4n) is 3.19. The molecule has 4 heteroatoms. The van der Waals surface area contributed by atoms with Crippen LogP contribution in [0.3, 0.4) is 0 Å². The molecule has 2 heterocycles. The summed E-state index contributed by atoms with van der Waals surface area (Å²) in [7, 11) is 0. The predicted octanol–water partition coefficient (Wildman–Crippen LogP) is 1.95. The highest BCUT2D eigenvalue weighted by Crippen LogP contribution is 2.36. The number of nitrogens with zero attached hydrogens (tertiary/aromatic N) is 1. The van der Waals surface area contributed by atoms with Crippen LogP contribution in [0.25, 0.3) is 0 Å². The second-order valence-corrected chi connectivity index (χ2v) is 6.23. The maximum absolute atomic E-state index is 12.2. The number of fused-ring (bicyclic) bond motifs is 1. The van der Waals surface area contributed by atoms with Crippen molar-refractivity contribution in [3.05, 3.63) is 22.4 Å². The van der Waals surface area contributed by atoms with Crippen molar-refractivity contribution in [3.63, 3.8) is 0 Å². The maximum atomic E-state index is 12.2. The first kappa shape index (κ1) is 11.2. The van der Waals surface area contributed by atoms with E-state index in [1.165, 1.54) is 17.8 Å². The second-order valence-electron chi connectivity index (χ2n) is 5.28. The number of thiophene rings is 1. The third-order valence-corrected chi connectivity index (χ3v) is 4.97. The molecule has 1 aliphatic carbocycles. The fourth-order valence-corrected chi connectivity index (χ4v) is 3.88. The van der Waals surface area contributed by atoms with Crippen molar-refractivity contribution < 1.29 is 4.79 Å². The molecule has 1 saturated heterocycles. The van der Waals surface area contributed by atoms with Gasteiger partial charge in [0.25, 0.3) is 5.91 Å². The molecule has 0 radical (unpaired) electrons. The van der Waals surface area contributed by atoms with E-state index in [4.69, 9.17) is 5.73 Å². The van der Waals surface area contributed by atoms with E-state index in [1.54, 1.807) is 0 Å². The number of nitrogens with two attached hydrogens (primary N) is 1. The standard InChI is InChI=1S/C13H18N2OS/c14-11-4-3-9-7-15(8-10(9)6-11)13(16)12-2-1-5-17-12/h1-2,5,9-11H,3-4,6-8,14H2/t9-,10+,11?/m1/s1. The monoisotopic (exact) mass is 250 g/mol. The summed E-state index contributed by atoms with van der Waals surface area (Å²) in [5.41, 5.74) is 6.01. The van der Waals surface area contributed by atoms with E-state index >= 15 is 0 Å². The molecule has 0 bridgehead atoms. The summed E-state index contributed by atoms with van der Waals surface area (Å²) in [5.74, 6) is 1.55. The van der Waals surface area contributed by atoms with Gasteiger partial charge in [-0.15, -0.1) is 11.3 Å². The van der Waals surface area contributed by atoms with Crippen molar-refractivity contribution in [1.29, 1.82) is 0 Å². The quantitative estimate of drug-likeness (QED) is 0.828. The minimum atomic E-state index is 0.211. The summed E-state index contributed by atoms with van der Waals surface area (Å²) in [6.07, 6.45) is 3.42. The zero-order valence-corrected chi connectivity index (χ0v) is 10.7. The lowest BCUT2D eigenvalue weighted by atomic mass is 9.79. The lowest BCUT2D eigenvalue weighted by Gasteiger charge is -2.27. The van der Waals surface area contributed by atoms with Gasteiger partial charge in [-0.3, -0.25) is 4.79 Å². The lowest BCUT2D eigenvalue weighted by molar-refractivity contribution is 0.0788. The Morgan fingerprint density at radius 3 is 2.94 bits per heavy atom. The van der Waals surface area contributed by atoms with Crippen LogP contribution < -0.4 is 5.73 Å². The summed E-state index contributed by atoms with van der Waals surface area (Å²) in [6.45, 7) is 1.85. The molecular weight excluding hydrogens is 232 g/mol. The number of rotatable bonds is 1. The Balaban J connectivity index is 1.69. The second kappa shape index (κ2) is 4.42. The van der Waals surface area contributed by atoms with E-state index in [-0.39, 0.29) is 5.91 Å². The van der Waals surface area contributed by atoms with E-state index in [0.717, 1.165) is 30.8 Å². The van der Waals surface area contributed by atoms with Gasteiger partial charge in [-0.05, 0) is 42.5 Å². The van der Waals surface area contributed by atoms with Gasteiger partial charge in [0.1, 0.15) is 0 Å². The zero-order valence-electron chi connectivity index (χ0n) is 9.84. The normalized spacial score (nSPS) is 32.5. The average Bonchev–Trinajstić information content (AvgIpc) is 2.96. The van der Waals surface area contributed by atoms with E-state index in [1.807, 2.05) is 22.4 Å². The molecule has 0 spiro atoms. The molecule has 3 nitrogen and oxygen atoms in total. The van der Waals surface area contributed by atoms with Gasteiger partial charge < -0.3 is 10.6 Å². The van der Waals surface area contributed by atoms with Gasteiger partial charge in [0, 0.05) is 19.1 Å². The summed E-state index contributed by atoms with van der Waals surface area (Å²) in [5, 5.41) is 1.96. The van der Waals surface area contributed by atoms with Gasteiger partial charge in [0.05, 0.1) is 4.88 Å². The molecule has 2 aliphatic rings. The Hall–Kier alpha value is -0.870. The molecule has 1 unspecified atom stereocenters. The molecule has 3 rings (SSSR count). The van der Waals surface area contributed by atoms with Crippen LogP contribution in [0, 0.1) is 11.8 Å². The van der Waals surface area contributed by atoms with Crippen molar-refractivity contribution in [1.82, 2.24) is 4.90 Å². The third-order valence-electron chi connectivity index (χ3n) is 4.11. The molecule has 17 heavy (non-hydrogen) atoms. The number of carbonyl (C=O) groups excluding carboxylic acids is 1. The SMILES string of the molecule is NC1CC[C@@H]2CN(C(=O)c3cccs3)C[C@@H]2C1. The van der Waals surface area contributed by atoms with E-state index < -0.39 is 0 Å². The van der Waals surface area contributed by atoms with Crippen molar-refractivity contribution >= 4 is 17.2 Å². The highest BCUT2D eigenvalue weighted by atomic mass is 32.1. The Bertz CT molecular complexity index is 404. The lowest BCUT2D eigenvalue weighted by Crippen LogP contribution is -2.32. The van der Waals surface area contributed by atoms with Gasteiger partial charge in [0.15, 0.2) is 0 Å². The van der Waals surface area contributed by atoms with Gasteiger partial charge in [-0.1, -0.05) is 6.07 Å². The van der Waals surface area contributed by atoms with Crippen LogP contribution in [0.15, 0.2) is 17.5 Å². The zero-order chi connectivity index (χ0) is 11.8. The Kier molecular flexibility index (Phi) is 2.92. The predicted molar refractivity (Wildman–Crippen MR) is 69.0 cm³/mol. The summed E-state index contributed by atoms with van der Waals surface area (Å²) in [4.78, 5) is 15.1. The Morgan fingerprint density at radius 1 is 1.35 bits per heavy atom. The van der Waals surface area contributed by atoms with E-state index in [9.17, 15) is 4.79 Å². The smallest absolute Gasteiger partial charge is 0.263 e. The van der Waals surface area contributed by atoms with Crippen LogP contribution in [0.2, 0.25) is 0 Å². The number of carbonyl (C=O) groups is 1. The third kappa shape index (κ3) is 2.11. The average molecular weight is 250 g/mol. The number of hydrogen-bond acceptors (Lipinski definition) is 3. The van der Waals surface area contributed by atoms with Crippen molar-refractivity contribution in [2.45, 2.75) is 25.3 Å². The first-order chi connectivity index (χ1) is 8.24. The number of amides is 1. The van der Waals surface area contributed by atoms with Crippen LogP contribution in [0.5, 0.6) is 0 Å². The van der Waals surface area contributed by atoms with Gasteiger partial charge in [-0.2, -0.15) is 0 Å². The minimum Gasteiger partial charge on any atom is -0.337 e. The van der Waals surface area contributed by atoms with Gasteiger partial charge in [0.2, 0.25) is 0 Å². The highest BCUT2D eigenvalue weighted by molar-refractivity contribution is 7.12. The molecule has 1 aliphatic heterocycles. The maximum Gasteiger partial charge on any atom is 0.263 e. The van der Waals surface area contributed by atoms with Crippen molar-refractivity contribution in [2.24, 2.45) is 17.6 Å². The van der Waals surface area contributed by atoms with Crippen LogP contribution in [0.1, 0.15) is 28.9 Å². The van der Waals surface area contributed by atoms with E-state index in [2.05, 4.69) is 0 Å². The van der Waals surface area contributed by atoms with E-state index in [0.29, 0.717) is 17.9 Å². The van der Waals surface area contributed by atoms with Crippen molar-refractivity contribution in [3.8, 4) is 0 Å². The number of hydrogen-bond donors (Lipinski definition) is 1. The molecular formula is C13H18N2OS. The first-order valence-electron chi connectivity index (χ1n) is 6.32. The molecule has 0 aromatic carbocycles. The van der Waals surface area contributed by atoms with Crippen LogP contribution in [-0.2, 0) is 0 Å². The van der Waals surface area contributed by atoms with Gasteiger partial charge >= 0.3 is 0 Å². The van der Waals surface area contributed by atoms with Gasteiger partial charge in [-0.25, -0.2) is 0 Å². The summed E-state index contributed by atoms with van der Waals surface area (Å²) in [6, 6.07) is 4.21. The molecule has 1 aromatic heterocycles. The Morgan fingerprint density at radius 2 is 2.18 bits per heavy atom. The Labute approximate surface area is 106 Å². The molecule has 1 amide bonds. The first-order valence-corrected chi connectivity index (χ1v) is 7.20. The minimum absolute atomic E-state index is 0.211. The van der Waals surface area contributed by atoms with Crippen LogP contribution in [-0.4, -0.2) is 29.9 Å². The molecule has 3 atom stereocenters. The van der Waals surface area contributed by atoms with Crippen LogP contribution in [0.4, 0.5) is 0 Å². The summed E-state index contributed by atoms with van der Waals surface area (Å²) < 4.78 is 0.